The van der Waals surface area contributed by atoms with Gasteiger partial charge < -0.3 is 39.0 Å². The van der Waals surface area contributed by atoms with E-state index in [1.807, 2.05) is 76.2 Å². The minimum absolute atomic E-state index is 0.0182. The van der Waals surface area contributed by atoms with Crippen LogP contribution in [-0.4, -0.2) is 90.2 Å². The van der Waals surface area contributed by atoms with Gasteiger partial charge in [0.15, 0.2) is 6.10 Å². The fourth-order valence-electron chi connectivity index (χ4n) is 7.99. The maximum atomic E-state index is 15.0. The second-order valence-corrected chi connectivity index (χ2v) is 19.3. The smallest absolute Gasteiger partial charge is 0.408 e. The van der Waals surface area contributed by atoms with Crippen molar-refractivity contribution >= 4 is 42.4 Å². The van der Waals surface area contributed by atoms with Crippen LogP contribution in [0, 0.1) is 5.41 Å². The van der Waals surface area contributed by atoms with Crippen LogP contribution in [0.15, 0.2) is 84.9 Å². The van der Waals surface area contributed by atoms with E-state index in [9.17, 15) is 19.2 Å². The molecule has 2 fully saturated rings. The van der Waals surface area contributed by atoms with E-state index in [4.69, 9.17) is 33.0 Å². The molecule has 16 heteroatoms. The van der Waals surface area contributed by atoms with Gasteiger partial charge in [0, 0.05) is 29.5 Å². The number of aromatic nitrogens is 1. The highest BCUT2D eigenvalue weighted by molar-refractivity contribution is 7.55. The number of rotatable bonds is 18. The molecule has 3 amide bonds. The van der Waals surface area contributed by atoms with Crippen LogP contribution < -0.4 is 24.6 Å². The monoisotopic (exact) mass is 900 g/mol. The molecule has 2 heterocycles. The average Bonchev–Trinajstić information content (AvgIpc) is 3.95. The third-order valence-electron chi connectivity index (χ3n) is 11.3. The first-order valence-electron chi connectivity index (χ1n) is 22.1. The molecule has 0 bridgehead atoms. The molecule has 344 valence electrons. The number of carbonyl (C=O) groups excluding carboxylic acids is 4. The number of para-hydroxylation sites is 1. The number of pyridine rings is 1. The number of esters is 1. The molecule has 1 aliphatic carbocycles. The predicted molar refractivity (Wildman–Crippen MR) is 242 cm³/mol. The Labute approximate surface area is 375 Å². The molecular weight excluding hydrogens is 840 g/mol. The summed E-state index contributed by atoms with van der Waals surface area (Å²) in [5, 5.41) is 6.43. The topological polar surface area (TPSA) is 181 Å². The SMILES string of the molecule is CCCC(NC(=O)[C@@H]1C[C@@H](Oc2cc(-c3ccccc3)nc3cc(OC)ccc23)CN1C(=O)[C@@H](NC(=O)OC1CCCC1)C(C)(C)C)P(=O)(Oc1ccccc1)O[C@H](C)C(=O)OCC. The number of fused-ring (bicyclic) bond motifs is 1. The van der Waals surface area contributed by atoms with Crippen molar-refractivity contribution in [1.29, 1.82) is 0 Å². The number of alkyl carbamates (subject to hydrolysis) is 1. The highest BCUT2D eigenvalue weighted by Gasteiger charge is 2.49. The first-order valence-corrected chi connectivity index (χ1v) is 23.7. The van der Waals surface area contributed by atoms with Crippen LogP contribution in [-0.2, 0) is 32.9 Å². The Balaban J connectivity index is 1.36. The Morgan fingerprint density at radius 1 is 0.891 bits per heavy atom. The molecule has 0 radical (unpaired) electrons. The number of benzene rings is 3. The Bertz CT molecular complexity index is 2280. The number of ether oxygens (including phenoxy) is 4. The lowest BCUT2D eigenvalue weighted by molar-refractivity contribution is -0.150. The fraction of sp³-hybridized carbons (Fsp3) is 0.479. The summed E-state index contributed by atoms with van der Waals surface area (Å²) in [6, 6.07) is 23.0. The first kappa shape index (κ1) is 47.8. The van der Waals surface area contributed by atoms with Crippen molar-refractivity contribution in [3.63, 3.8) is 0 Å². The van der Waals surface area contributed by atoms with Crippen molar-refractivity contribution in [3.8, 4) is 28.5 Å². The summed E-state index contributed by atoms with van der Waals surface area (Å²) in [6.07, 6.45) is 0.971. The maximum absolute atomic E-state index is 15.0. The van der Waals surface area contributed by atoms with Gasteiger partial charge in [0.2, 0.25) is 11.8 Å². The minimum Gasteiger partial charge on any atom is -0.497 e. The highest BCUT2D eigenvalue weighted by Crippen LogP contribution is 2.54. The van der Waals surface area contributed by atoms with E-state index in [1.165, 1.54) is 11.8 Å². The molecule has 2 aliphatic rings. The van der Waals surface area contributed by atoms with E-state index in [-0.39, 0.29) is 37.8 Å². The molecule has 4 aromatic rings. The van der Waals surface area contributed by atoms with Gasteiger partial charge in [0.1, 0.15) is 47.3 Å². The first-order chi connectivity index (χ1) is 30.6. The largest absolute Gasteiger partial charge is 0.497 e. The van der Waals surface area contributed by atoms with Crippen molar-refractivity contribution in [2.24, 2.45) is 5.41 Å². The molecular formula is C48H61N4O11P. The van der Waals surface area contributed by atoms with E-state index in [0.29, 0.717) is 34.5 Å². The Hall–Kier alpha value is -5.66. The average molecular weight is 901 g/mol. The zero-order chi connectivity index (χ0) is 46.0. The second-order valence-electron chi connectivity index (χ2n) is 17.2. The lowest BCUT2D eigenvalue weighted by Crippen LogP contribution is -2.58. The Morgan fingerprint density at radius 3 is 2.22 bits per heavy atom. The number of hydrogen-bond donors (Lipinski definition) is 2. The van der Waals surface area contributed by atoms with Crippen molar-refractivity contribution in [2.45, 2.75) is 123 Å². The summed E-state index contributed by atoms with van der Waals surface area (Å²) in [7, 11) is -2.84. The highest BCUT2D eigenvalue weighted by atomic mass is 31.2. The molecule has 1 aliphatic heterocycles. The number of carbonyl (C=O) groups is 4. The van der Waals surface area contributed by atoms with Gasteiger partial charge in [-0.3, -0.25) is 14.1 Å². The zero-order valence-corrected chi connectivity index (χ0v) is 38.6. The van der Waals surface area contributed by atoms with Crippen LogP contribution >= 0.6 is 7.60 Å². The van der Waals surface area contributed by atoms with Crippen molar-refractivity contribution < 1.29 is 51.7 Å². The van der Waals surface area contributed by atoms with Gasteiger partial charge in [-0.1, -0.05) is 82.6 Å². The molecule has 6 rings (SSSR count). The molecule has 1 saturated carbocycles. The quantitative estimate of drug-likeness (QED) is 0.0717. The minimum atomic E-state index is -4.42. The van der Waals surface area contributed by atoms with Crippen molar-refractivity contribution in [2.75, 3.05) is 20.3 Å². The van der Waals surface area contributed by atoms with E-state index >= 15 is 4.57 Å². The van der Waals surface area contributed by atoms with E-state index in [2.05, 4.69) is 10.6 Å². The van der Waals surface area contributed by atoms with Crippen LogP contribution in [0.1, 0.15) is 86.5 Å². The zero-order valence-electron chi connectivity index (χ0n) is 37.7. The maximum Gasteiger partial charge on any atom is 0.408 e. The Morgan fingerprint density at radius 2 is 1.58 bits per heavy atom. The van der Waals surface area contributed by atoms with Crippen LogP contribution in [0.5, 0.6) is 17.2 Å². The number of amides is 3. The van der Waals surface area contributed by atoms with Gasteiger partial charge in [-0.15, -0.1) is 0 Å². The molecule has 64 heavy (non-hydrogen) atoms. The summed E-state index contributed by atoms with van der Waals surface area (Å²) in [4.78, 5) is 62.3. The summed E-state index contributed by atoms with van der Waals surface area (Å²) < 4.78 is 50.3. The van der Waals surface area contributed by atoms with Crippen LogP contribution in [0.4, 0.5) is 4.79 Å². The summed E-state index contributed by atoms with van der Waals surface area (Å²) >= 11 is 0. The standard InChI is InChI=1S/C48H61N4O11P/c1-8-18-42(64(57,62-31(3)46(55)59-9-2)63-34-23-14-11-15-24-34)50-44(53)40-28-36(30-52(40)45(54)43(48(4,5)6)51-47(56)61-33-21-16-17-22-33)60-41-29-38(32-19-12-10-13-20-32)49-39-27-35(58-7)25-26-37(39)41/h10-15,19-20,23-27,29,31,33,36,40,42-43H,8-9,16-18,21-22,28,30H2,1-7H3,(H,50,53)(H,51,56)/t31-,36-,40+,42?,43-,64?/m1/s1. The van der Waals surface area contributed by atoms with Crippen LogP contribution in [0.25, 0.3) is 22.2 Å². The Kier molecular flexibility index (Phi) is 15.9. The van der Waals surface area contributed by atoms with Gasteiger partial charge >= 0.3 is 19.7 Å². The van der Waals surface area contributed by atoms with E-state index in [1.54, 1.807) is 50.4 Å². The van der Waals surface area contributed by atoms with Crippen molar-refractivity contribution in [1.82, 2.24) is 20.5 Å². The molecule has 15 nitrogen and oxygen atoms in total. The lowest BCUT2D eigenvalue weighted by atomic mass is 9.85. The normalized spacial score (nSPS) is 18.9. The molecule has 1 saturated heterocycles. The fourth-order valence-corrected chi connectivity index (χ4v) is 10.1. The number of nitrogens with one attached hydrogen (secondary N) is 2. The second kappa shape index (κ2) is 21.3. The predicted octanol–water partition coefficient (Wildman–Crippen LogP) is 8.82. The molecule has 1 aromatic heterocycles. The summed E-state index contributed by atoms with van der Waals surface area (Å²) in [6.45, 7) is 10.4. The third-order valence-corrected chi connectivity index (χ3v) is 13.5. The lowest BCUT2D eigenvalue weighted by Gasteiger charge is -2.36. The molecule has 2 unspecified atom stereocenters. The van der Waals surface area contributed by atoms with Gasteiger partial charge in [-0.2, -0.15) is 0 Å². The van der Waals surface area contributed by atoms with Gasteiger partial charge in [-0.05, 0) is 75.6 Å². The number of nitrogens with zero attached hydrogens (tertiary/aromatic N) is 2. The van der Waals surface area contributed by atoms with Crippen LogP contribution in [0.3, 0.4) is 0 Å². The number of hydrogen-bond acceptors (Lipinski definition) is 12. The number of methoxy groups -OCH3 is 1. The van der Waals surface area contributed by atoms with Gasteiger partial charge in [0.05, 0.1) is 31.5 Å². The van der Waals surface area contributed by atoms with E-state index < -0.39 is 67.0 Å². The summed E-state index contributed by atoms with van der Waals surface area (Å²) in [5.41, 5.74) is 1.28. The molecule has 2 N–H and O–H groups in total. The van der Waals surface area contributed by atoms with E-state index in [0.717, 1.165) is 31.2 Å². The van der Waals surface area contributed by atoms with Gasteiger partial charge in [0.25, 0.3) is 0 Å². The molecule has 6 atom stereocenters. The number of likely N-dealkylation sites (tertiary alicyclic amines) is 1. The van der Waals surface area contributed by atoms with Gasteiger partial charge in [-0.25, -0.2) is 19.1 Å². The summed E-state index contributed by atoms with van der Waals surface area (Å²) in [5.74, 6) is -1.92. The van der Waals surface area contributed by atoms with Crippen molar-refractivity contribution in [3.05, 3.63) is 84.9 Å². The molecule has 0 spiro atoms. The van der Waals surface area contributed by atoms with Crippen LogP contribution in [0.2, 0.25) is 0 Å². The third kappa shape index (κ3) is 11.9. The molecule has 3 aromatic carbocycles.